The quantitative estimate of drug-likeness (QED) is 0.343. The summed E-state index contributed by atoms with van der Waals surface area (Å²) in [5, 5.41) is 2.48. The summed E-state index contributed by atoms with van der Waals surface area (Å²) in [5.41, 5.74) is 4.22. The number of halogens is 1. The number of fused-ring (bicyclic) bond motifs is 1. The minimum atomic E-state index is 0.188. The molecule has 0 saturated heterocycles. The van der Waals surface area contributed by atoms with E-state index in [2.05, 4.69) is 69.5 Å². The van der Waals surface area contributed by atoms with Gasteiger partial charge in [-0.3, -0.25) is 0 Å². The van der Waals surface area contributed by atoms with E-state index in [0.717, 1.165) is 16.5 Å². The summed E-state index contributed by atoms with van der Waals surface area (Å²) in [6.07, 6.45) is 0. The topological polar surface area (TPSA) is 38.7 Å². The Morgan fingerprint density at radius 2 is 0.966 bits per heavy atom. The lowest BCUT2D eigenvalue weighted by atomic mass is 10.00. The third-order valence-corrected chi connectivity index (χ3v) is 5.01. The van der Waals surface area contributed by atoms with Gasteiger partial charge in [0.25, 0.3) is 0 Å². The summed E-state index contributed by atoms with van der Waals surface area (Å²) in [5.74, 6) is 1.14. The maximum Gasteiger partial charge on any atom is 0.226 e. The fourth-order valence-electron chi connectivity index (χ4n) is 3.39. The average molecular weight is 394 g/mol. The molecule has 0 atom stereocenters. The Labute approximate surface area is 173 Å². The SMILES string of the molecule is Clc1nc(-c2ccccc2)nc(-c2ccc3cc(-c4ccccc4)ccc3c2)n1. The van der Waals surface area contributed by atoms with Crippen LogP contribution in [0.3, 0.4) is 0 Å². The van der Waals surface area contributed by atoms with Crippen LogP contribution in [0.15, 0.2) is 97.1 Å². The van der Waals surface area contributed by atoms with Crippen LogP contribution in [0.2, 0.25) is 5.28 Å². The molecule has 0 spiro atoms. The number of benzene rings is 4. The number of hydrogen-bond acceptors (Lipinski definition) is 3. The van der Waals surface area contributed by atoms with Gasteiger partial charge < -0.3 is 0 Å². The molecule has 1 heterocycles. The highest BCUT2D eigenvalue weighted by Crippen LogP contribution is 2.28. The van der Waals surface area contributed by atoms with Crippen molar-refractivity contribution in [2.75, 3.05) is 0 Å². The number of hydrogen-bond donors (Lipinski definition) is 0. The molecule has 0 aliphatic heterocycles. The molecule has 0 N–H and O–H groups in total. The van der Waals surface area contributed by atoms with Crippen LogP contribution in [0.25, 0.3) is 44.7 Å². The minimum absolute atomic E-state index is 0.188. The lowest BCUT2D eigenvalue weighted by molar-refractivity contribution is 1.07. The van der Waals surface area contributed by atoms with Crippen LogP contribution in [-0.4, -0.2) is 15.0 Å². The lowest BCUT2D eigenvalue weighted by Gasteiger charge is -2.08. The maximum atomic E-state index is 6.19. The van der Waals surface area contributed by atoms with Gasteiger partial charge in [0.05, 0.1) is 0 Å². The number of aromatic nitrogens is 3. The Kier molecular flexibility index (Phi) is 4.51. The van der Waals surface area contributed by atoms with Gasteiger partial charge in [-0.1, -0.05) is 84.9 Å². The van der Waals surface area contributed by atoms with Crippen LogP contribution >= 0.6 is 11.6 Å². The first-order valence-electron chi connectivity index (χ1n) is 9.33. The lowest BCUT2D eigenvalue weighted by Crippen LogP contribution is -1.97. The van der Waals surface area contributed by atoms with Crippen LogP contribution in [-0.2, 0) is 0 Å². The van der Waals surface area contributed by atoms with Crippen molar-refractivity contribution in [3.63, 3.8) is 0 Å². The fourth-order valence-corrected chi connectivity index (χ4v) is 3.55. The van der Waals surface area contributed by atoms with Gasteiger partial charge in [0.15, 0.2) is 11.6 Å². The Balaban J connectivity index is 1.57. The predicted molar refractivity (Wildman–Crippen MR) is 119 cm³/mol. The van der Waals surface area contributed by atoms with Gasteiger partial charge in [-0.25, -0.2) is 4.98 Å². The molecular formula is C25H16ClN3. The molecule has 0 fully saturated rings. The Morgan fingerprint density at radius 3 is 1.62 bits per heavy atom. The molecule has 0 radical (unpaired) electrons. The molecule has 0 amide bonds. The smallest absolute Gasteiger partial charge is 0.208 e. The Morgan fingerprint density at radius 1 is 0.448 bits per heavy atom. The van der Waals surface area contributed by atoms with E-state index in [1.807, 2.05) is 42.5 Å². The predicted octanol–water partition coefficient (Wildman–Crippen LogP) is 6.68. The molecule has 0 aliphatic rings. The van der Waals surface area contributed by atoms with Gasteiger partial charge in [0.2, 0.25) is 5.28 Å². The number of rotatable bonds is 3. The Hall–Kier alpha value is -3.56. The van der Waals surface area contributed by atoms with Gasteiger partial charge in [-0.15, -0.1) is 0 Å². The van der Waals surface area contributed by atoms with E-state index in [9.17, 15) is 0 Å². The van der Waals surface area contributed by atoms with E-state index in [0.29, 0.717) is 11.6 Å². The Bertz CT molecular complexity index is 1300. The molecule has 0 aliphatic carbocycles. The molecule has 138 valence electrons. The van der Waals surface area contributed by atoms with Crippen molar-refractivity contribution in [2.45, 2.75) is 0 Å². The second-order valence-corrected chi connectivity index (χ2v) is 7.10. The van der Waals surface area contributed by atoms with Crippen LogP contribution in [0.5, 0.6) is 0 Å². The van der Waals surface area contributed by atoms with Gasteiger partial charge in [0.1, 0.15) is 0 Å². The van der Waals surface area contributed by atoms with Gasteiger partial charge in [0, 0.05) is 11.1 Å². The van der Waals surface area contributed by atoms with Gasteiger partial charge in [-0.05, 0) is 45.6 Å². The van der Waals surface area contributed by atoms with Crippen molar-refractivity contribution in [1.29, 1.82) is 0 Å². The van der Waals surface area contributed by atoms with E-state index >= 15 is 0 Å². The van der Waals surface area contributed by atoms with E-state index < -0.39 is 0 Å². The summed E-state index contributed by atoms with van der Waals surface area (Å²) >= 11 is 6.19. The first-order chi connectivity index (χ1) is 14.3. The highest BCUT2D eigenvalue weighted by molar-refractivity contribution is 6.28. The van der Waals surface area contributed by atoms with Crippen molar-refractivity contribution in [3.05, 3.63) is 102 Å². The molecule has 0 bridgehead atoms. The minimum Gasteiger partial charge on any atom is -0.208 e. The first-order valence-corrected chi connectivity index (χ1v) is 9.71. The molecule has 4 heteroatoms. The standard InChI is InChI=1S/C25H16ClN3/c26-25-28-23(18-9-5-2-6-10-18)27-24(29-25)22-14-13-20-15-19(11-12-21(20)16-22)17-7-3-1-4-8-17/h1-16H. The monoisotopic (exact) mass is 393 g/mol. The largest absolute Gasteiger partial charge is 0.226 e. The van der Waals surface area contributed by atoms with Crippen molar-refractivity contribution in [1.82, 2.24) is 15.0 Å². The highest BCUT2D eigenvalue weighted by atomic mass is 35.5. The van der Waals surface area contributed by atoms with E-state index in [1.165, 1.54) is 16.5 Å². The molecular weight excluding hydrogens is 378 g/mol. The van der Waals surface area contributed by atoms with Crippen molar-refractivity contribution >= 4 is 22.4 Å². The van der Waals surface area contributed by atoms with E-state index in [1.54, 1.807) is 0 Å². The van der Waals surface area contributed by atoms with E-state index in [4.69, 9.17) is 11.6 Å². The summed E-state index contributed by atoms with van der Waals surface area (Å²) < 4.78 is 0. The van der Waals surface area contributed by atoms with Crippen LogP contribution in [0.4, 0.5) is 0 Å². The molecule has 4 aromatic carbocycles. The zero-order valence-electron chi connectivity index (χ0n) is 15.5. The third kappa shape index (κ3) is 3.60. The fraction of sp³-hybridized carbons (Fsp3) is 0. The van der Waals surface area contributed by atoms with Crippen LogP contribution in [0, 0.1) is 0 Å². The molecule has 5 aromatic rings. The molecule has 29 heavy (non-hydrogen) atoms. The third-order valence-electron chi connectivity index (χ3n) is 4.85. The zero-order valence-corrected chi connectivity index (χ0v) is 16.2. The highest BCUT2D eigenvalue weighted by Gasteiger charge is 2.10. The normalized spacial score (nSPS) is 10.9. The summed E-state index contributed by atoms with van der Waals surface area (Å²) in [6.45, 7) is 0. The van der Waals surface area contributed by atoms with Gasteiger partial charge in [-0.2, -0.15) is 9.97 Å². The maximum absolute atomic E-state index is 6.19. The second kappa shape index (κ2) is 7.46. The molecule has 0 saturated carbocycles. The second-order valence-electron chi connectivity index (χ2n) is 6.76. The molecule has 0 unspecified atom stereocenters. The summed E-state index contributed by atoms with van der Waals surface area (Å²) in [4.78, 5) is 13.3. The van der Waals surface area contributed by atoms with Crippen molar-refractivity contribution in [2.24, 2.45) is 0 Å². The first kappa shape index (κ1) is 17.5. The summed E-state index contributed by atoms with van der Waals surface area (Å²) in [6, 6.07) is 32.8. The molecule has 1 aromatic heterocycles. The van der Waals surface area contributed by atoms with E-state index in [-0.39, 0.29) is 5.28 Å². The molecule has 3 nitrogen and oxygen atoms in total. The number of nitrogens with zero attached hydrogens (tertiary/aromatic N) is 3. The van der Waals surface area contributed by atoms with Crippen LogP contribution < -0.4 is 0 Å². The van der Waals surface area contributed by atoms with Crippen LogP contribution in [0.1, 0.15) is 0 Å². The zero-order chi connectivity index (χ0) is 19.6. The average Bonchev–Trinajstić information content (AvgIpc) is 2.79. The molecule has 5 rings (SSSR count). The van der Waals surface area contributed by atoms with Crippen molar-refractivity contribution < 1.29 is 0 Å². The van der Waals surface area contributed by atoms with Gasteiger partial charge >= 0.3 is 0 Å². The van der Waals surface area contributed by atoms with Crippen molar-refractivity contribution in [3.8, 4) is 33.9 Å². The summed E-state index contributed by atoms with van der Waals surface area (Å²) in [7, 11) is 0.